The third-order valence-electron chi connectivity index (χ3n) is 4.25. The van der Waals surface area contributed by atoms with Gasteiger partial charge in [-0.3, -0.25) is 4.79 Å². The Hall–Kier alpha value is -1.55. The zero-order valence-corrected chi connectivity index (χ0v) is 11.6. The van der Waals surface area contributed by atoms with Crippen molar-refractivity contribution in [2.45, 2.75) is 51.4 Å². The topological polar surface area (TPSA) is 17.1 Å². The van der Waals surface area contributed by atoms with Gasteiger partial charge in [0.05, 0.1) is 0 Å². The zero-order valence-electron chi connectivity index (χ0n) is 11.6. The van der Waals surface area contributed by atoms with E-state index in [0.717, 1.165) is 6.42 Å². The van der Waals surface area contributed by atoms with Gasteiger partial charge in [0, 0.05) is 5.56 Å². The molecule has 0 saturated heterocycles. The van der Waals surface area contributed by atoms with Gasteiger partial charge in [-0.2, -0.15) is 0 Å². The lowest BCUT2D eigenvalue weighted by molar-refractivity contribution is 0.105. The van der Waals surface area contributed by atoms with Gasteiger partial charge in [-0.25, -0.2) is 0 Å². The molecule has 2 rings (SSSR count). The molecule has 0 amide bonds. The molecule has 1 aromatic carbocycles. The molecule has 1 nitrogen and oxygen atoms in total. The molecular formula is C17H20O. The lowest BCUT2D eigenvalue weighted by Crippen LogP contribution is -2.34. The number of hydrogen-bond acceptors (Lipinski definition) is 1. The number of rotatable bonds is 1. The summed E-state index contributed by atoms with van der Waals surface area (Å²) in [5, 5.41) is 0. The molecule has 0 fully saturated rings. The summed E-state index contributed by atoms with van der Waals surface area (Å²) in [4.78, 5) is 11.6. The predicted molar refractivity (Wildman–Crippen MR) is 74.9 cm³/mol. The van der Waals surface area contributed by atoms with Crippen LogP contribution in [0.2, 0.25) is 0 Å². The van der Waals surface area contributed by atoms with E-state index >= 15 is 0 Å². The molecular weight excluding hydrogens is 220 g/mol. The monoisotopic (exact) mass is 240 g/mol. The summed E-state index contributed by atoms with van der Waals surface area (Å²) in [5.74, 6) is 1.97. The second-order valence-electron chi connectivity index (χ2n) is 6.50. The summed E-state index contributed by atoms with van der Waals surface area (Å²) in [6.07, 6.45) is 7.52. The molecule has 0 radical (unpaired) electrons. The van der Waals surface area contributed by atoms with Crippen LogP contribution in [-0.2, 0) is 10.8 Å². The van der Waals surface area contributed by atoms with E-state index in [-0.39, 0.29) is 16.6 Å². The van der Waals surface area contributed by atoms with Crippen LogP contribution in [0.1, 0.15) is 62.0 Å². The maximum atomic E-state index is 11.6. The molecule has 1 aliphatic rings. The Kier molecular flexibility index (Phi) is 2.86. The van der Waals surface area contributed by atoms with Crippen LogP contribution < -0.4 is 0 Å². The molecule has 0 N–H and O–H groups in total. The van der Waals surface area contributed by atoms with E-state index in [2.05, 4.69) is 39.7 Å². The number of Topliss-reactive ketones (excluding diaryl/α,β-unsaturated/α-hetero) is 1. The van der Waals surface area contributed by atoms with Crippen molar-refractivity contribution in [2.75, 3.05) is 0 Å². The molecule has 0 spiro atoms. The molecule has 1 aliphatic carbocycles. The SMILES string of the molecule is C#CC(=O)c1ccc2c(c1)C(C)(C)CCC2(C)C. The molecule has 94 valence electrons. The highest BCUT2D eigenvalue weighted by molar-refractivity contribution is 6.08. The van der Waals surface area contributed by atoms with Gasteiger partial charge in [-0.05, 0) is 46.8 Å². The summed E-state index contributed by atoms with van der Waals surface area (Å²) in [6, 6.07) is 5.95. The Labute approximate surface area is 110 Å². The van der Waals surface area contributed by atoms with E-state index in [1.807, 2.05) is 12.1 Å². The third-order valence-corrected chi connectivity index (χ3v) is 4.25. The average molecular weight is 240 g/mol. The van der Waals surface area contributed by atoms with Crippen molar-refractivity contribution >= 4 is 5.78 Å². The average Bonchev–Trinajstić information content (AvgIpc) is 2.34. The van der Waals surface area contributed by atoms with Crippen molar-refractivity contribution < 1.29 is 4.79 Å². The van der Waals surface area contributed by atoms with Crippen molar-refractivity contribution in [1.82, 2.24) is 0 Å². The highest BCUT2D eigenvalue weighted by atomic mass is 16.1. The summed E-state index contributed by atoms with van der Waals surface area (Å²) >= 11 is 0. The van der Waals surface area contributed by atoms with Gasteiger partial charge in [-0.15, -0.1) is 6.42 Å². The van der Waals surface area contributed by atoms with E-state index in [4.69, 9.17) is 6.42 Å². The van der Waals surface area contributed by atoms with Gasteiger partial charge in [0.15, 0.2) is 0 Å². The van der Waals surface area contributed by atoms with E-state index < -0.39 is 0 Å². The Morgan fingerprint density at radius 3 is 2.22 bits per heavy atom. The molecule has 0 aliphatic heterocycles. The Morgan fingerprint density at radius 2 is 1.67 bits per heavy atom. The Balaban J connectivity index is 2.63. The highest BCUT2D eigenvalue weighted by Gasteiger charge is 2.37. The van der Waals surface area contributed by atoms with E-state index in [1.54, 1.807) is 0 Å². The van der Waals surface area contributed by atoms with Crippen LogP contribution in [-0.4, -0.2) is 5.78 Å². The molecule has 1 heteroatoms. The van der Waals surface area contributed by atoms with Crippen molar-refractivity contribution in [2.24, 2.45) is 0 Å². The first-order chi connectivity index (χ1) is 8.28. The first-order valence-electron chi connectivity index (χ1n) is 6.44. The second kappa shape index (κ2) is 3.99. The van der Waals surface area contributed by atoms with Gasteiger partial charge < -0.3 is 0 Å². The van der Waals surface area contributed by atoms with Crippen molar-refractivity contribution in [3.63, 3.8) is 0 Å². The van der Waals surface area contributed by atoms with Gasteiger partial charge in [-0.1, -0.05) is 39.8 Å². The van der Waals surface area contributed by atoms with Crippen LogP contribution in [0, 0.1) is 12.3 Å². The summed E-state index contributed by atoms with van der Waals surface area (Å²) in [5.41, 5.74) is 3.58. The highest BCUT2D eigenvalue weighted by Crippen LogP contribution is 2.45. The first kappa shape index (κ1) is 12.9. The number of carbonyl (C=O) groups excluding carboxylic acids is 1. The maximum Gasteiger partial charge on any atom is 0.235 e. The molecule has 18 heavy (non-hydrogen) atoms. The quantitative estimate of drug-likeness (QED) is 0.414. The summed E-state index contributed by atoms with van der Waals surface area (Å²) < 4.78 is 0. The minimum Gasteiger partial charge on any atom is -0.279 e. The maximum absolute atomic E-state index is 11.6. The Morgan fingerprint density at radius 1 is 1.11 bits per heavy atom. The number of fused-ring (bicyclic) bond motifs is 1. The van der Waals surface area contributed by atoms with Gasteiger partial charge in [0.1, 0.15) is 0 Å². The first-order valence-corrected chi connectivity index (χ1v) is 6.44. The molecule has 0 aromatic heterocycles. The molecule has 0 unspecified atom stereocenters. The van der Waals surface area contributed by atoms with Crippen molar-refractivity contribution in [3.8, 4) is 12.3 Å². The molecule has 0 atom stereocenters. The zero-order chi connectivity index (χ0) is 13.6. The minimum atomic E-state index is -0.225. The van der Waals surface area contributed by atoms with Crippen LogP contribution in [0.15, 0.2) is 18.2 Å². The fourth-order valence-electron chi connectivity index (χ4n) is 2.81. The van der Waals surface area contributed by atoms with Crippen molar-refractivity contribution in [3.05, 3.63) is 34.9 Å². The van der Waals surface area contributed by atoms with Crippen LogP contribution in [0.25, 0.3) is 0 Å². The lowest BCUT2D eigenvalue weighted by atomic mass is 9.63. The molecule has 0 bridgehead atoms. The number of carbonyl (C=O) groups is 1. The smallest absolute Gasteiger partial charge is 0.235 e. The van der Waals surface area contributed by atoms with Crippen LogP contribution in [0.4, 0.5) is 0 Å². The Bertz CT molecular complexity index is 541. The molecule has 0 heterocycles. The number of ketones is 1. The van der Waals surface area contributed by atoms with Gasteiger partial charge in [0.2, 0.25) is 5.78 Å². The number of benzene rings is 1. The lowest BCUT2D eigenvalue weighted by Gasteiger charge is -2.41. The van der Waals surface area contributed by atoms with Gasteiger partial charge in [0.25, 0.3) is 0 Å². The molecule has 1 aromatic rings. The standard InChI is InChI=1S/C17H20O/c1-6-15(18)12-7-8-13-14(11-12)17(4,5)10-9-16(13,2)3/h1,7-8,11H,9-10H2,2-5H3. The third kappa shape index (κ3) is 1.97. The minimum absolute atomic E-state index is 0.121. The van der Waals surface area contributed by atoms with Crippen molar-refractivity contribution in [1.29, 1.82) is 0 Å². The van der Waals surface area contributed by atoms with Crippen LogP contribution in [0.5, 0.6) is 0 Å². The van der Waals surface area contributed by atoms with Crippen LogP contribution in [0.3, 0.4) is 0 Å². The summed E-state index contributed by atoms with van der Waals surface area (Å²) in [7, 11) is 0. The van der Waals surface area contributed by atoms with E-state index in [0.29, 0.717) is 5.56 Å². The van der Waals surface area contributed by atoms with E-state index in [1.165, 1.54) is 17.5 Å². The largest absolute Gasteiger partial charge is 0.279 e. The number of terminal acetylenes is 1. The number of hydrogen-bond donors (Lipinski definition) is 0. The molecule has 0 saturated carbocycles. The van der Waals surface area contributed by atoms with E-state index in [9.17, 15) is 4.79 Å². The second-order valence-corrected chi connectivity index (χ2v) is 6.50. The summed E-state index contributed by atoms with van der Waals surface area (Å²) in [6.45, 7) is 9.02. The van der Waals surface area contributed by atoms with Crippen LogP contribution >= 0.6 is 0 Å². The fraction of sp³-hybridized carbons (Fsp3) is 0.471. The fourth-order valence-corrected chi connectivity index (χ4v) is 2.81. The normalized spacial score (nSPS) is 19.7. The van der Waals surface area contributed by atoms with Gasteiger partial charge >= 0.3 is 0 Å². The predicted octanol–water partition coefficient (Wildman–Crippen LogP) is 3.85.